The minimum Gasteiger partial charge on any atom is -0.365 e. The van der Waals surface area contributed by atoms with Gasteiger partial charge in [0.05, 0.1) is 6.33 Å². The van der Waals surface area contributed by atoms with Crippen molar-refractivity contribution in [3.05, 3.63) is 56.1 Å². The topological polar surface area (TPSA) is 57.8 Å². The van der Waals surface area contributed by atoms with Gasteiger partial charge in [-0.05, 0) is 34.6 Å². The highest BCUT2D eigenvalue weighted by molar-refractivity contribution is 14.1. The average molecular weight is 390 g/mol. The van der Waals surface area contributed by atoms with Gasteiger partial charge in [0.15, 0.2) is 0 Å². The highest BCUT2D eigenvalue weighted by atomic mass is 127. The SMILES string of the molecule is O=c1[nH]cnc(NC(CCl)Cc2ccccc2)c1I. The lowest BCUT2D eigenvalue weighted by Crippen LogP contribution is -2.27. The molecule has 1 heterocycles. The number of benzene rings is 1. The van der Waals surface area contributed by atoms with E-state index >= 15 is 0 Å². The molecule has 0 bridgehead atoms. The van der Waals surface area contributed by atoms with Crippen molar-refractivity contribution < 1.29 is 0 Å². The first-order valence-electron chi connectivity index (χ1n) is 5.80. The molecule has 2 rings (SSSR count). The largest absolute Gasteiger partial charge is 0.365 e. The van der Waals surface area contributed by atoms with Crippen LogP contribution in [0.4, 0.5) is 5.82 Å². The maximum atomic E-state index is 11.5. The van der Waals surface area contributed by atoms with Crippen LogP contribution in [0.15, 0.2) is 41.5 Å². The molecular weight excluding hydrogens is 377 g/mol. The standard InChI is InChI=1S/C13H13ClIN3O/c14-7-10(6-9-4-2-1-3-5-9)18-12-11(15)13(19)17-8-16-12/h1-5,8,10H,6-7H2,(H2,16,17,18,19). The maximum absolute atomic E-state index is 11.5. The number of anilines is 1. The van der Waals surface area contributed by atoms with Gasteiger partial charge < -0.3 is 10.3 Å². The second-order valence-corrected chi connectivity index (χ2v) is 5.47. The van der Waals surface area contributed by atoms with Gasteiger partial charge in [0.2, 0.25) is 0 Å². The number of aromatic nitrogens is 2. The molecule has 2 aromatic rings. The maximum Gasteiger partial charge on any atom is 0.266 e. The highest BCUT2D eigenvalue weighted by Crippen LogP contribution is 2.13. The van der Waals surface area contributed by atoms with Crippen molar-refractivity contribution >= 4 is 40.0 Å². The summed E-state index contributed by atoms with van der Waals surface area (Å²) >= 11 is 7.95. The fourth-order valence-electron chi connectivity index (χ4n) is 1.72. The van der Waals surface area contributed by atoms with Gasteiger partial charge in [0.1, 0.15) is 9.39 Å². The third-order valence-electron chi connectivity index (χ3n) is 2.65. The number of aromatic amines is 1. The molecule has 0 aliphatic rings. The van der Waals surface area contributed by atoms with E-state index in [0.717, 1.165) is 6.42 Å². The highest BCUT2D eigenvalue weighted by Gasteiger charge is 2.12. The number of nitrogens with zero attached hydrogens (tertiary/aromatic N) is 1. The third-order valence-corrected chi connectivity index (χ3v) is 4.02. The lowest BCUT2D eigenvalue weighted by Gasteiger charge is -2.17. The van der Waals surface area contributed by atoms with E-state index in [9.17, 15) is 4.79 Å². The first-order valence-corrected chi connectivity index (χ1v) is 7.41. The summed E-state index contributed by atoms with van der Waals surface area (Å²) in [4.78, 5) is 18.2. The molecule has 1 aromatic heterocycles. The number of alkyl halides is 1. The fourth-order valence-corrected chi connectivity index (χ4v) is 2.36. The Labute approximate surface area is 129 Å². The zero-order chi connectivity index (χ0) is 13.7. The van der Waals surface area contributed by atoms with Crippen molar-refractivity contribution in [3.8, 4) is 0 Å². The molecule has 0 spiro atoms. The minimum atomic E-state index is -0.147. The third kappa shape index (κ3) is 3.94. The van der Waals surface area contributed by atoms with Crippen molar-refractivity contribution in [2.24, 2.45) is 0 Å². The number of halogens is 2. The van der Waals surface area contributed by atoms with Gasteiger partial charge in [-0.2, -0.15) is 0 Å². The molecule has 0 saturated carbocycles. The van der Waals surface area contributed by atoms with E-state index in [1.807, 2.05) is 40.8 Å². The summed E-state index contributed by atoms with van der Waals surface area (Å²) in [5, 5.41) is 3.22. The summed E-state index contributed by atoms with van der Waals surface area (Å²) < 4.78 is 0.545. The summed E-state index contributed by atoms with van der Waals surface area (Å²) in [5.74, 6) is 1.02. The first-order chi connectivity index (χ1) is 9.20. The zero-order valence-corrected chi connectivity index (χ0v) is 13.0. The van der Waals surface area contributed by atoms with Crippen molar-refractivity contribution in [1.29, 1.82) is 0 Å². The van der Waals surface area contributed by atoms with Crippen molar-refractivity contribution in [2.45, 2.75) is 12.5 Å². The van der Waals surface area contributed by atoms with Crippen LogP contribution >= 0.6 is 34.2 Å². The molecule has 6 heteroatoms. The van der Waals surface area contributed by atoms with Gasteiger partial charge in [-0.1, -0.05) is 30.3 Å². The van der Waals surface area contributed by atoms with Crippen molar-refractivity contribution in [2.75, 3.05) is 11.2 Å². The number of hydrogen-bond acceptors (Lipinski definition) is 3. The Morgan fingerprint density at radius 1 is 1.37 bits per heavy atom. The molecule has 0 aliphatic heterocycles. The van der Waals surface area contributed by atoms with Crippen LogP contribution in [0.2, 0.25) is 0 Å². The van der Waals surface area contributed by atoms with Crippen LogP contribution in [-0.4, -0.2) is 21.9 Å². The van der Waals surface area contributed by atoms with Crippen LogP contribution in [-0.2, 0) is 6.42 Å². The Kier molecular flexibility index (Phi) is 5.21. The smallest absolute Gasteiger partial charge is 0.266 e. The molecule has 1 unspecified atom stereocenters. The molecule has 4 nitrogen and oxygen atoms in total. The zero-order valence-electron chi connectivity index (χ0n) is 10.1. The van der Waals surface area contributed by atoms with Gasteiger partial charge in [-0.3, -0.25) is 4.79 Å². The Hall–Kier alpha value is -1.08. The van der Waals surface area contributed by atoms with E-state index in [1.54, 1.807) is 0 Å². The quantitative estimate of drug-likeness (QED) is 0.610. The molecule has 0 aliphatic carbocycles. The van der Waals surface area contributed by atoms with Crippen LogP contribution in [0.1, 0.15) is 5.56 Å². The number of nitrogens with one attached hydrogen (secondary N) is 2. The molecule has 19 heavy (non-hydrogen) atoms. The average Bonchev–Trinajstić information content (AvgIpc) is 2.44. The fraction of sp³-hybridized carbons (Fsp3) is 0.231. The number of H-pyrrole nitrogens is 1. The van der Waals surface area contributed by atoms with Crippen LogP contribution in [0.3, 0.4) is 0 Å². The summed E-state index contributed by atoms with van der Waals surface area (Å²) in [7, 11) is 0. The molecule has 1 atom stereocenters. The number of rotatable bonds is 5. The van der Waals surface area contributed by atoms with Gasteiger partial charge in [-0.15, -0.1) is 11.6 Å². The molecule has 2 N–H and O–H groups in total. The Bertz CT molecular complexity index is 588. The summed E-state index contributed by atoms with van der Waals surface area (Å²) in [6, 6.07) is 10.1. The predicted molar refractivity (Wildman–Crippen MR) is 85.9 cm³/mol. The summed E-state index contributed by atoms with van der Waals surface area (Å²) in [5.41, 5.74) is 1.05. The van der Waals surface area contributed by atoms with E-state index < -0.39 is 0 Å². The molecule has 1 aromatic carbocycles. The molecule has 0 saturated heterocycles. The number of hydrogen-bond donors (Lipinski definition) is 2. The Morgan fingerprint density at radius 2 is 2.11 bits per heavy atom. The van der Waals surface area contributed by atoms with Crippen molar-refractivity contribution in [3.63, 3.8) is 0 Å². The molecule has 0 radical (unpaired) electrons. The van der Waals surface area contributed by atoms with E-state index in [-0.39, 0.29) is 11.6 Å². The predicted octanol–water partition coefficient (Wildman–Crippen LogP) is 2.64. The van der Waals surface area contributed by atoms with Gasteiger partial charge in [0, 0.05) is 11.9 Å². The molecule has 0 amide bonds. The van der Waals surface area contributed by atoms with Gasteiger partial charge in [-0.25, -0.2) is 4.98 Å². The van der Waals surface area contributed by atoms with E-state index in [0.29, 0.717) is 15.3 Å². The van der Waals surface area contributed by atoms with E-state index in [1.165, 1.54) is 11.9 Å². The monoisotopic (exact) mass is 389 g/mol. The molecule has 100 valence electrons. The second-order valence-electron chi connectivity index (χ2n) is 4.08. The summed E-state index contributed by atoms with van der Waals surface area (Å²) in [6.45, 7) is 0. The van der Waals surface area contributed by atoms with Gasteiger partial charge >= 0.3 is 0 Å². The van der Waals surface area contributed by atoms with Crippen LogP contribution in [0.25, 0.3) is 0 Å². The van der Waals surface area contributed by atoms with Crippen molar-refractivity contribution in [1.82, 2.24) is 9.97 Å². The van der Waals surface area contributed by atoms with E-state index in [4.69, 9.17) is 11.6 Å². The summed E-state index contributed by atoms with van der Waals surface area (Å²) in [6.07, 6.45) is 2.18. The lowest BCUT2D eigenvalue weighted by molar-refractivity contribution is 0.788. The van der Waals surface area contributed by atoms with Crippen LogP contribution in [0, 0.1) is 3.57 Å². The minimum absolute atomic E-state index is 0.0342. The lowest BCUT2D eigenvalue weighted by atomic mass is 10.1. The second kappa shape index (κ2) is 6.91. The Morgan fingerprint density at radius 3 is 2.79 bits per heavy atom. The molecular formula is C13H13ClIN3O. The Balaban J connectivity index is 2.11. The molecule has 0 fully saturated rings. The van der Waals surface area contributed by atoms with Crippen LogP contribution < -0.4 is 10.9 Å². The van der Waals surface area contributed by atoms with Crippen LogP contribution in [0.5, 0.6) is 0 Å². The normalized spacial score (nSPS) is 12.1. The first kappa shape index (κ1) is 14.3. The van der Waals surface area contributed by atoms with E-state index in [2.05, 4.69) is 27.4 Å². The van der Waals surface area contributed by atoms with Gasteiger partial charge in [0.25, 0.3) is 5.56 Å².